The van der Waals surface area contributed by atoms with E-state index in [4.69, 9.17) is 13.9 Å². The number of amides is 1. The molecule has 1 amide bonds. The molecule has 1 atom stereocenters. The Morgan fingerprint density at radius 1 is 1.36 bits per heavy atom. The van der Waals surface area contributed by atoms with E-state index in [9.17, 15) is 4.79 Å². The summed E-state index contributed by atoms with van der Waals surface area (Å²) in [5.41, 5.74) is 1.73. The summed E-state index contributed by atoms with van der Waals surface area (Å²) in [6, 6.07) is 5.78. The number of aromatic nitrogens is 1. The van der Waals surface area contributed by atoms with Gasteiger partial charge in [-0.3, -0.25) is 4.79 Å². The van der Waals surface area contributed by atoms with E-state index < -0.39 is 0 Å². The Labute approximate surface area is 147 Å². The van der Waals surface area contributed by atoms with Crippen LogP contribution >= 0.6 is 0 Å². The number of carbonyl (C=O) groups excluding carboxylic acids is 1. The third-order valence-corrected chi connectivity index (χ3v) is 4.69. The summed E-state index contributed by atoms with van der Waals surface area (Å²) >= 11 is 0. The second-order valence-electron chi connectivity index (χ2n) is 6.22. The lowest BCUT2D eigenvalue weighted by Gasteiger charge is -2.18. The van der Waals surface area contributed by atoms with Crippen molar-refractivity contribution in [1.29, 1.82) is 0 Å². The van der Waals surface area contributed by atoms with Gasteiger partial charge in [-0.2, -0.15) is 0 Å². The molecule has 0 spiro atoms. The number of ether oxygens (including phenoxy) is 2. The molecule has 2 heterocycles. The molecule has 25 heavy (non-hydrogen) atoms. The Morgan fingerprint density at radius 2 is 2.16 bits per heavy atom. The number of methoxy groups -OCH3 is 2. The largest absolute Gasteiger partial charge is 0.497 e. The van der Waals surface area contributed by atoms with E-state index in [1.54, 1.807) is 14.2 Å². The third-order valence-electron chi connectivity index (χ3n) is 4.69. The Morgan fingerprint density at radius 3 is 2.80 bits per heavy atom. The van der Waals surface area contributed by atoms with E-state index in [-0.39, 0.29) is 11.8 Å². The zero-order valence-corrected chi connectivity index (χ0v) is 15.2. The average Bonchev–Trinajstić information content (AvgIpc) is 3.27. The topological polar surface area (TPSA) is 64.8 Å². The highest BCUT2D eigenvalue weighted by Crippen LogP contribution is 2.36. The molecule has 1 aliphatic heterocycles. The molecule has 6 nitrogen and oxygen atoms in total. The van der Waals surface area contributed by atoms with E-state index in [1.165, 1.54) is 0 Å². The molecule has 6 heteroatoms. The Hall–Kier alpha value is -2.50. The predicted molar refractivity (Wildman–Crippen MR) is 93.4 cm³/mol. The smallest absolute Gasteiger partial charge is 0.291 e. The molecule has 1 aromatic carbocycles. The van der Waals surface area contributed by atoms with Crippen molar-refractivity contribution in [2.75, 3.05) is 27.3 Å². The third kappa shape index (κ3) is 3.34. The first kappa shape index (κ1) is 17.3. The van der Waals surface area contributed by atoms with Crippen molar-refractivity contribution in [3.8, 4) is 11.5 Å². The number of hydrogen-bond donors (Lipinski definition) is 0. The number of rotatable bonds is 5. The normalized spacial score (nSPS) is 17.0. The second-order valence-corrected chi connectivity index (χ2v) is 6.22. The molecule has 0 unspecified atom stereocenters. The fourth-order valence-corrected chi connectivity index (χ4v) is 3.30. The first-order chi connectivity index (χ1) is 12.1. The summed E-state index contributed by atoms with van der Waals surface area (Å²) in [5, 5.41) is 0. The van der Waals surface area contributed by atoms with Crippen LogP contribution in [0.3, 0.4) is 0 Å². The fraction of sp³-hybridized carbons (Fsp3) is 0.474. The number of oxazole rings is 1. The van der Waals surface area contributed by atoms with Crippen molar-refractivity contribution in [3.63, 3.8) is 0 Å². The van der Waals surface area contributed by atoms with Gasteiger partial charge in [0.05, 0.1) is 19.9 Å². The number of benzene rings is 1. The van der Waals surface area contributed by atoms with Gasteiger partial charge in [0.2, 0.25) is 5.76 Å². The van der Waals surface area contributed by atoms with E-state index in [0.29, 0.717) is 36.9 Å². The van der Waals surface area contributed by atoms with Gasteiger partial charge in [0.25, 0.3) is 5.91 Å². The molecule has 1 aromatic heterocycles. The molecule has 0 aliphatic carbocycles. The van der Waals surface area contributed by atoms with Gasteiger partial charge >= 0.3 is 0 Å². The minimum absolute atomic E-state index is 0.0888. The van der Waals surface area contributed by atoms with Crippen LogP contribution in [0.25, 0.3) is 0 Å². The standard InChI is InChI=1S/C19H24N2O4/c1-5-17-20-12(2)18(25-17)19(22)21-9-8-13(11-21)15-10-14(23-3)6-7-16(15)24-4/h6-7,10,13H,5,8-9,11H2,1-4H3/t13-/m1/s1. The van der Waals surface area contributed by atoms with Gasteiger partial charge in [-0.25, -0.2) is 4.98 Å². The van der Waals surface area contributed by atoms with Crippen LogP contribution in [0, 0.1) is 6.92 Å². The molecular weight excluding hydrogens is 320 g/mol. The lowest BCUT2D eigenvalue weighted by atomic mass is 9.97. The number of likely N-dealkylation sites (tertiary alicyclic amines) is 1. The molecule has 134 valence electrons. The molecule has 3 rings (SSSR count). The summed E-state index contributed by atoms with van der Waals surface area (Å²) < 4.78 is 16.4. The molecule has 1 aliphatic rings. The highest BCUT2D eigenvalue weighted by molar-refractivity contribution is 5.92. The predicted octanol–water partition coefficient (Wildman–Crippen LogP) is 3.19. The Bertz CT molecular complexity index is 769. The van der Waals surface area contributed by atoms with Crippen LogP contribution in [0.15, 0.2) is 22.6 Å². The van der Waals surface area contributed by atoms with Gasteiger partial charge in [0, 0.05) is 31.0 Å². The van der Waals surface area contributed by atoms with E-state index in [0.717, 1.165) is 23.5 Å². The first-order valence-corrected chi connectivity index (χ1v) is 8.54. The Kier molecular flexibility index (Phi) is 4.97. The van der Waals surface area contributed by atoms with Crippen LogP contribution in [-0.4, -0.2) is 43.1 Å². The second kappa shape index (κ2) is 7.17. The molecule has 0 bridgehead atoms. The van der Waals surface area contributed by atoms with Gasteiger partial charge in [0.1, 0.15) is 11.5 Å². The fourth-order valence-electron chi connectivity index (χ4n) is 3.30. The quantitative estimate of drug-likeness (QED) is 0.833. The zero-order chi connectivity index (χ0) is 18.0. The summed E-state index contributed by atoms with van der Waals surface area (Å²) in [6.45, 7) is 5.09. The van der Waals surface area contributed by atoms with Crippen molar-refractivity contribution in [2.24, 2.45) is 0 Å². The number of nitrogens with zero attached hydrogens (tertiary/aromatic N) is 2. The lowest BCUT2D eigenvalue weighted by Crippen LogP contribution is -2.28. The van der Waals surface area contributed by atoms with Crippen LogP contribution in [0.1, 0.15) is 47.0 Å². The van der Waals surface area contributed by atoms with E-state index >= 15 is 0 Å². The maximum atomic E-state index is 12.8. The number of hydrogen-bond acceptors (Lipinski definition) is 5. The lowest BCUT2D eigenvalue weighted by molar-refractivity contribution is 0.0756. The summed E-state index contributed by atoms with van der Waals surface area (Å²) in [4.78, 5) is 18.9. The van der Waals surface area contributed by atoms with Gasteiger partial charge in [0.15, 0.2) is 5.89 Å². The highest BCUT2D eigenvalue weighted by atomic mass is 16.5. The van der Waals surface area contributed by atoms with Gasteiger partial charge < -0.3 is 18.8 Å². The molecule has 0 radical (unpaired) electrons. The summed E-state index contributed by atoms with van der Waals surface area (Å²) in [6.07, 6.45) is 1.56. The molecular formula is C19H24N2O4. The van der Waals surface area contributed by atoms with Crippen LogP contribution in [0.4, 0.5) is 0 Å². The van der Waals surface area contributed by atoms with E-state index in [2.05, 4.69) is 4.98 Å². The first-order valence-electron chi connectivity index (χ1n) is 8.54. The van der Waals surface area contributed by atoms with Crippen LogP contribution < -0.4 is 9.47 Å². The van der Waals surface area contributed by atoms with E-state index in [1.807, 2.05) is 36.9 Å². The number of aryl methyl sites for hydroxylation is 2. The molecule has 2 aromatic rings. The van der Waals surface area contributed by atoms with Crippen molar-refractivity contribution < 1.29 is 18.7 Å². The monoisotopic (exact) mass is 344 g/mol. The molecule has 0 saturated carbocycles. The van der Waals surface area contributed by atoms with Crippen LogP contribution in [0.2, 0.25) is 0 Å². The highest BCUT2D eigenvalue weighted by Gasteiger charge is 2.32. The summed E-state index contributed by atoms with van der Waals surface area (Å²) in [7, 11) is 3.31. The van der Waals surface area contributed by atoms with Gasteiger partial charge in [-0.05, 0) is 31.5 Å². The van der Waals surface area contributed by atoms with Gasteiger partial charge in [-0.1, -0.05) is 6.92 Å². The minimum Gasteiger partial charge on any atom is -0.497 e. The maximum absolute atomic E-state index is 12.8. The molecule has 1 fully saturated rings. The number of carbonyl (C=O) groups is 1. The van der Waals surface area contributed by atoms with Crippen LogP contribution in [0.5, 0.6) is 11.5 Å². The zero-order valence-electron chi connectivity index (χ0n) is 15.2. The SMILES string of the molecule is CCc1nc(C)c(C(=O)N2CC[C@@H](c3cc(OC)ccc3OC)C2)o1. The minimum atomic E-state index is -0.0888. The molecule has 1 saturated heterocycles. The van der Waals surface area contributed by atoms with Gasteiger partial charge in [-0.15, -0.1) is 0 Å². The van der Waals surface area contributed by atoms with Crippen LogP contribution in [-0.2, 0) is 6.42 Å². The summed E-state index contributed by atoms with van der Waals surface area (Å²) in [5.74, 6) is 2.70. The van der Waals surface area contributed by atoms with Crippen molar-refractivity contribution in [2.45, 2.75) is 32.6 Å². The average molecular weight is 344 g/mol. The van der Waals surface area contributed by atoms with Crippen molar-refractivity contribution in [3.05, 3.63) is 41.1 Å². The van der Waals surface area contributed by atoms with Crippen molar-refractivity contribution in [1.82, 2.24) is 9.88 Å². The molecule has 0 N–H and O–H groups in total. The van der Waals surface area contributed by atoms with Crippen molar-refractivity contribution >= 4 is 5.91 Å². The maximum Gasteiger partial charge on any atom is 0.291 e. The Balaban J connectivity index is 1.79.